The largest absolute Gasteiger partial charge is 0.385 e. The van der Waals surface area contributed by atoms with Crippen LogP contribution in [-0.4, -0.2) is 21.9 Å². The van der Waals surface area contributed by atoms with Crippen LogP contribution in [0.5, 0.6) is 0 Å². The molecule has 2 aromatic rings. The van der Waals surface area contributed by atoms with Gasteiger partial charge in [-0.15, -0.1) is 0 Å². The van der Waals surface area contributed by atoms with Crippen molar-refractivity contribution in [1.82, 2.24) is 15.3 Å². The van der Waals surface area contributed by atoms with Crippen molar-refractivity contribution in [3.05, 3.63) is 64.3 Å². The number of benzene rings is 1. The van der Waals surface area contributed by atoms with Crippen molar-refractivity contribution >= 4 is 27.3 Å². The van der Waals surface area contributed by atoms with E-state index in [1.54, 1.807) is 12.4 Å². The first-order valence-corrected chi connectivity index (χ1v) is 10.5. The van der Waals surface area contributed by atoms with E-state index < -0.39 is 5.41 Å². The molecule has 5 nitrogen and oxygen atoms in total. The molecule has 0 spiro atoms. The summed E-state index contributed by atoms with van der Waals surface area (Å²) >= 11 is 3.37. The molecule has 1 fully saturated rings. The molecule has 4 rings (SSSR count). The molecule has 0 radical (unpaired) electrons. The van der Waals surface area contributed by atoms with Gasteiger partial charge in [-0.3, -0.25) is 9.78 Å². The number of nitrogens with one attached hydrogen (secondary N) is 1. The summed E-state index contributed by atoms with van der Waals surface area (Å²) in [4.78, 5) is 22.3. The summed E-state index contributed by atoms with van der Waals surface area (Å²) in [7, 11) is 0. The Morgan fingerprint density at radius 1 is 1.29 bits per heavy atom. The minimum atomic E-state index is -0.390. The van der Waals surface area contributed by atoms with Crippen LogP contribution in [0.15, 0.2) is 47.3 Å². The van der Waals surface area contributed by atoms with Crippen molar-refractivity contribution in [1.29, 1.82) is 0 Å². The predicted molar refractivity (Wildman–Crippen MR) is 111 cm³/mol. The molecule has 0 unspecified atom stereocenters. The van der Waals surface area contributed by atoms with E-state index in [9.17, 15) is 4.79 Å². The van der Waals surface area contributed by atoms with Gasteiger partial charge in [0.2, 0.25) is 0 Å². The van der Waals surface area contributed by atoms with Gasteiger partial charge in [0.05, 0.1) is 42.4 Å². The Labute approximate surface area is 173 Å². The average molecular weight is 442 g/mol. The molecule has 1 N–H and O–H groups in total. The Morgan fingerprint density at radius 3 is 2.79 bits per heavy atom. The molecule has 2 heterocycles. The molecule has 146 valence electrons. The second kappa shape index (κ2) is 8.13. The Bertz CT molecular complexity index is 890. The molecule has 1 aromatic heterocycles. The molecule has 1 saturated carbocycles. The molecule has 0 amide bonds. The van der Waals surface area contributed by atoms with Gasteiger partial charge in [-0.25, -0.2) is 4.98 Å². The number of hydrogen-bond donors (Lipinski definition) is 1. The van der Waals surface area contributed by atoms with Gasteiger partial charge in [-0.05, 0) is 47.2 Å². The Kier molecular flexibility index (Phi) is 5.60. The van der Waals surface area contributed by atoms with Gasteiger partial charge in [0.15, 0.2) is 5.78 Å². The second-order valence-electron chi connectivity index (χ2n) is 7.81. The molecular weight excluding hydrogens is 418 g/mol. The SMILES string of the molecule is CC1(C(=O)C2=CNCc3ncc(Br)nc32)CCC(OCc2ccccc2)CC1. The molecule has 2 aliphatic rings. The number of ether oxygens (including phenoxy) is 1. The van der Waals surface area contributed by atoms with Gasteiger partial charge < -0.3 is 10.1 Å². The van der Waals surface area contributed by atoms with Crippen molar-refractivity contribution in [2.24, 2.45) is 5.41 Å². The van der Waals surface area contributed by atoms with Crippen molar-refractivity contribution in [2.75, 3.05) is 0 Å². The first kappa shape index (κ1) is 19.3. The zero-order chi connectivity index (χ0) is 19.6. The maximum Gasteiger partial charge on any atom is 0.172 e. The van der Waals surface area contributed by atoms with Gasteiger partial charge in [-0.2, -0.15) is 0 Å². The number of nitrogens with zero attached hydrogens (tertiary/aromatic N) is 2. The fourth-order valence-corrected chi connectivity index (χ4v) is 4.24. The van der Waals surface area contributed by atoms with Crippen molar-refractivity contribution in [2.45, 2.75) is 51.9 Å². The van der Waals surface area contributed by atoms with Crippen LogP contribution in [0.25, 0.3) is 5.57 Å². The standard InChI is InChI=1S/C22H24BrN3O2/c1-22(9-7-16(8-10-22)28-14-15-5-3-2-4-6-15)21(27)17-11-24-12-18-20(17)26-19(23)13-25-18/h2-6,11,13,16,24H,7-10,12,14H2,1H3. The molecule has 0 bridgehead atoms. The minimum absolute atomic E-state index is 0.148. The summed E-state index contributed by atoms with van der Waals surface area (Å²) in [5.74, 6) is 0.148. The van der Waals surface area contributed by atoms with Gasteiger partial charge in [0.1, 0.15) is 4.60 Å². The summed E-state index contributed by atoms with van der Waals surface area (Å²) in [5.41, 5.74) is 2.95. The van der Waals surface area contributed by atoms with E-state index >= 15 is 0 Å². The topological polar surface area (TPSA) is 64.1 Å². The van der Waals surface area contributed by atoms with Crippen LogP contribution in [0.4, 0.5) is 0 Å². The molecule has 1 aromatic carbocycles. The monoisotopic (exact) mass is 441 g/mol. The number of fused-ring (bicyclic) bond motifs is 1. The first-order chi connectivity index (χ1) is 13.5. The highest BCUT2D eigenvalue weighted by Crippen LogP contribution is 2.42. The molecular formula is C22H24BrN3O2. The maximum absolute atomic E-state index is 13.4. The van der Waals surface area contributed by atoms with Crippen molar-refractivity contribution in [3.63, 3.8) is 0 Å². The summed E-state index contributed by atoms with van der Waals surface area (Å²) in [5, 5.41) is 3.17. The van der Waals surface area contributed by atoms with E-state index in [0.29, 0.717) is 29.0 Å². The highest BCUT2D eigenvalue weighted by molar-refractivity contribution is 9.10. The normalized spacial score (nSPS) is 24.1. The lowest BCUT2D eigenvalue weighted by Crippen LogP contribution is -2.37. The van der Waals surface area contributed by atoms with Crippen LogP contribution in [0.3, 0.4) is 0 Å². The number of aromatic nitrogens is 2. The zero-order valence-corrected chi connectivity index (χ0v) is 17.5. The van der Waals surface area contributed by atoms with E-state index in [4.69, 9.17) is 4.74 Å². The number of carbonyl (C=O) groups excluding carboxylic acids is 1. The molecule has 1 aliphatic carbocycles. The van der Waals surface area contributed by atoms with E-state index in [-0.39, 0.29) is 11.9 Å². The number of Topliss-reactive ketones (excluding diaryl/α,β-unsaturated/α-hetero) is 1. The minimum Gasteiger partial charge on any atom is -0.385 e. The fraction of sp³-hybridized carbons (Fsp3) is 0.409. The second-order valence-corrected chi connectivity index (χ2v) is 8.63. The third-order valence-electron chi connectivity index (χ3n) is 5.75. The number of allylic oxidation sites excluding steroid dienone is 1. The first-order valence-electron chi connectivity index (χ1n) is 9.71. The zero-order valence-electron chi connectivity index (χ0n) is 16.0. The quantitative estimate of drug-likeness (QED) is 0.743. The van der Waals surface area contributed by atoms with Gasteiger partial charge in [0, 0.05) is 11.6 Å². The third-order valence-corrected chi connectivity index (χ3v) is 6.13. The number of hydrogen-bond acceptors (Lipinski definition) is 5. The van der Waals surface area contributed by atoms with Gasteiger partial charge in [0.25, 0.3) is 0 Å². The number of ketones is 1. The van der Waals surface area contributed by atoms with Crippen LogP contribution in [-0.2, 0) is 22.7 Å². The average Bonchev–Trinajstić information content (AvgIpc) is 2.73. The number of halogens is 1. The Hall–Kier alpha value is -2.05. The summed E-state index contributed by atoms with van der Waals surface area (Å²) in [6.07, 6.45) is 7.11. The highest BCUT2D eigenvalue weighted by Gasteiger charge is 2.40. The predicted octanol–water partition coefficient (Wildman–Crippen LogP) is 4.42. The molecule has 28 heavy (non-hydrogen) atoms. The Morgan fingerprint density at radius 2 is 2.04 bits per heavy atom. The highest BCUT2D eigenvalue weighted by atomic mass is 79.9. The van der Waals surface area contributed by atoms with Crippen LogP contribution in [0.1, 0.15) is 49.6 Å². The van der Waals surface area contributed by atoms with Crippen molar-refractivity contribution < 1.29 is 9.53 Å². The van der Waals surface area contributed by atoms with Crippen LogP contribution < -0.4 is 5.32 Å². The number of carbonyl (C=O) groups is 1. The van der Waals surface area contributed by atoms with E-state index in [1.807, 2.05) is 18.2 Å². The summed E-state index contributed by atoms with van der Waals surface area (Å²) in [6.45, 7) is 3.30. The molecule has 6 heteroatoms. The van der Waals surface area contributed by atoms with Crippen molar-refractivity contribution in [3.8, 4) is 0 Å². The number of rotatable bonds is 5. The smallest absolute Gasteiger partial charge is 0.172 e. The Balaban J connectivity index is 1.41. The van der Waals surface area contributed by atoms with Crippen LogP contribution in [0.2, 0.25) is 0 Å². The van der Waals surface area contributed by atoms with Gasteiger partial charge >= 0.3 is 0 Å². The van der Waals surface area contributed by atoms with Gasteiger partial charge in [-0.1, -0.05) is 37.3 Å². The van der Waals surface area contributed by atoms with Crippen LogP contribution in [0, 0.1) is 5.41 Å². The molecule has 0 saturated heterocycles. The fourth-order valence-electron chi connectivity index (χ4n) is 3.96. The molecule has 1 aliphatic heterocycles. The lowest BCUT2D eigenvalue weighted by atomic mass is 9.69. The lowest BCUT2D eigenvalue weighted by Gasteiger charge is -2.37. The molecule has 0 atom stereocenters. The van der Waals surface area contributed by atoms with E-state index in [2.05, 4.69) is 50.3 Å². The van der Waals surface area contributed by atoms with E-state index in [1.165, 1.54) is 5.56 Å². The van der Waals surface area contributed by atoms with E-state index in [0.717, 1.165) is 31.4 Å². The lowest BCUT2D eigenvalue weighted by molar-refractivity contribution is -0.125. The van der Waals surface area contributed by atoms with Crippen LogP contribution >= 0.6 is 15.9 Å². The maximum atomic E-state index is 13.4. The summed E-state index contributed by atoms with van der Waals surface area (Å²) in [6, 6.07) is 10.2. The summed E-state index contributed by atoms with van der Waals surface area (Å²) < 4.78 is 6.74. The third kappa shape index (κ3) is 4.03.